The lowest BCUT2D eigenvalue weighted by molar-refractivity contribution is -0.0223. The summed E-state index contributed by atoms with van der Waals surface area (Å²) in [7, 11) is 0. The van der Waals surface area contributed by atoms with Crippen LogP contribution in [0, 0.1) is 0 Å². The Morgan fingerprint density at radius 3 is 1.72 bits per heavy atom. The highest BCUT2D eigenvalue weighted by atomic mass is 16.5. The van der Waals surface area contributed by atoms with E-state index in [4.69, 9.17) is 9.47 Å². The monoisotopic (exact) mass is 446 g/mol. The summed E-state index contributed by atoms with van der Waals surface area (Å²) in [6.45, 7) is 7.02. The number of benzene rings is 1. The molecule has 2 nitrogen and oxygen atoms in total. The second kappa shape index (κ2) is 23.3. The summed E-state index contributed by atoms with van der Waals surface area (Å²) in [6.07, 6.45) is 24.3. The lowest BCUT2D eigenvalue weighted by Crippen LogP contribution is -2.20. The van der Waals surface area contributed by atoms with Crippen LogP contribution in [0.15, 0.2) is 30.3 Å². The molecule has 0 saturated carbocycles. The van der Waals surface area contributed by atoms with Crippen LogP contribution in [0.1, 0.15) is 129 Å². The van der Waals surface area contributed by atoms with E-state index < -0.39 is 0 Å². The molecule has 1 atom stereocenters. The molecule has 1 aromatic rings. The molecule has 0 heterocycles. The molecule has 0 aliphatic rings. The lowest BCUT2D eigenvalue weighted by atomic mass is 10.0. The van der Waals surface area contributed by atoms with Crippen LogP contribution in [-0.2, 0) is 15.9 Å². The smallest absolute Gasteiger partial charge is 0.0808 e. The lowest BCUT2D eigenvalue weighted by Gasteiger charge is -2.17. The van der Waals surface area contributed by atoms with Crippen LogP contribution in [0.3, 0.4) is 0 Å². The van der Waals surface area contributed by atoms with Gasteiger partial charge in [0.25, 0.3) is 0 Å². The fourth-order valence-electron chi connectivity index (χ4n) is 4.27. The summed E-state index contributed by atoms with van der Waals surface area (Å²) in [5.74, 6) is 0. The predicted octanol–water partition coefficient (Wildman–Crippen LogP) is 9.30. The molecular formula is C30H54O2. The van der Waals surface area contributed by atoms with E-state index in [1.165, 1.54) is 108 Å². The quantitative estimate of drug-likeness (QED) is 0.147. The van der Waals surface area contributed by atoms with E-state index in [1.54, 1.807) is 0 Å². The van der Waals surface area contributed by atoms with Crippen molar-refractivity contribution in [2.45, 2.75) is 136 Å². The molecule has 1 aromatic carbocycles. The summed E-state index contributed by atoms with van der Waals surface area (Å²) in [5.41, 5.74) is 1.49. The molecule has 0 spiro atoms. The van der Waals surface area contributed by atoms with Gasteiger partial charge in [0.05, 0.1) is 12.7 Å². The van der Waals surface area contributed by atoms with Gasteiger partial charge in [0.1, 0.15) is 0 Å². The Hall–Kier alpha value is -0.860. The molecule has 1 rings (SSSR count). The standard InChI is InChI=1S/C30H54O2/c1-3-5-27-32-30(22-4-2)28-31-26-21-16-14-12-10-8-6-7-9-11-13-15-18-23-29-24-19-17-20-25-29/h17,19-20,24-25,30H,3-16,18,21-23,26-28H2,1-2H3. The third-order valence-corrected chi connectivity index (χ3v) is 6.36. The van der Waals surface area contributed by atoms with Gasteiger partial charge in [-0.1, -0.05) is 128 Å². The first kappa shape index (κ1) is 29.2. The number of hydrogen-bond acceptors (Lipinski definition) is 2. The van der Waals surface area contributed by atoms with Crippen LogP contribution in [0.25, 0.3) is 0 Å². The van der Waals surface area contributed by atoms with E-state index in [9.17, 15) is 0 Å². The van der Waals surface area contributed by atoms with Crippen LogP contribution >= 0.6 is 0 Å². The largest absolute Gasteiger partial charge is 0.379 e. The van der Waals surface area contributed by atoms with Crippen LogP contribution in [0.4, 0.5) is 0 Å². The molecule has 0 bridgehead atoms. The third-order valence-electron chi connectivity index (χ3n) is 6.36. The number of rotatable bonds is 24. The van der Waals surface area contributed by atoms with Gasteiger partial charge < -0.3 is 9.47 Å². The van der Waals surface area contributed by atoms with Crippen LogP contribution in [0.2, 0.25) is 0 Å². The Morgan fingerprint density at radius 1 is 0.594 bits per heavy atom. The molecule has 0 aliphatic heterocycles. The summed E-state index contributed by atoms with van der Waals surface area (Å²) in [5, 5.41) is 0. The second-order valence-corrected chi connectivity index (χ2v) is 9.54. The van der Waals surface area contributed by atoms with Gasteiger partial charge in [-0.2, -0.15) is 0 Å². The van der Waals surface area contributed by atoms with Crippen molar-refractivity contribution in [2.75, 3.05) is 19.8 Å². The van der Waals surface area contributed by atoms with Crippen molar-refractivity contribution in [3.05, 3.63) is 35.9 Å². The molecule has 0 radical (unpaired) electrons. The minimum absolute atomic E-state index is 0.306. The average molecular weight is 447 g/mol. The Labute approximate surface area is 200 Å². The third kappa shape index (κ3) is 18.7. The Balaban J connectivity index is 1.76. The van der Waals surface area contributed by atoms with Crippen LogP contribution < -0.4 is 0 Å². The van der Waals surface area contributed by atoms with Crippen LogP contribution in [0.5, 0.6) is 0 Å². The van der Waals surface area contributed by atoms with Gasteiger partial charge in [0.2, 0.25) is 0 Å². The molecule has 32 heavy (non-hydrogen) atoms. The predicted molar refractivity (Wildman–Crippen MR) is 141 cm³/mol. The van der Waals surface area contributed by atoms with Gasteiger partial charge >= 0.3 is 0 Å². The molecule has 0 aliphatic carbocycles. The SMILES string of the molecule is CCCCOC(CCC)COCCCCCCCCCCCCCCCc1ccccc1. The van der Waals surface area contributed by atoms with Crippen LogP contribution in [-0.4, -0.2) is 25.9 Å². The maximum absolute atomic E-state index is 5.94. The minimum Gasteiger partial charge on any atom is -0.379 e. The molecular weight excluding hydrogens is 392 g/mol. The van der Waals surface area contributed by atoms with Crippen molar-refractivity contribution in [2.24, 2.45) is 0 Å². The first-order chi connectivity index (χ1) is 15.9. The zero-order valence-electron chi connectivity index (χ0n) is 21.6. The van der Waals surface area contributed by atoms with Gasteiger partial charge in [0.15, 0.2) is 0 Å². The van der Waals surface area contributed by atoms with Crippen molar-refractivity contribution in [1.82, 2.24) is 0 Å². The first-order valence-corrected chi connectivity index (χ1v) is 14.1. The number of aryl methyl sites for hydroxylation is 1. The van der Waals surface area contributed by atoms with E-state index in [1.807, 2.05) is 0 Å². The van der Waals surface area contributed by atoms with Gasteiger partial charge in [0, 0.05) is 13.2 Å². The van der Waals surface area contributed by atoms with E-state index in [0.29, 0.717) is 6.10 Å². The second-order valence-electron chi connectivity index (χ2n) is 9.54. The van der Waals surface area contributed by atoms with Crippen molar-refractivity contribution >= 4 is 0 Å². The zero-order chi connectivity index (χ0) is 23.0. The molecule has 0 aromatic heterocycles. The maximum atomic E-state index is 5.94. The molecule has 0 amide bonds. The van der Waals surface area contributed by atoms with Gasteiger partial charge in [-0.15, -0.1) is 0 Å². The van der Waals surface area contributed by atoms with Crippen molar-refractivity contribution in [3.8, 4) is 0 Å². The Bertz CT molecular complexity index is 473. The molecule has 1 unspecified atom stereocenters. The van der Waals surface area contributed by atoms with Crippen molar-refractivity contribution in [3.63, 3.8) is 0 Å². The van der Waals surface area contributed by atoms with Gasteiger partial charge in [-0.25, -0.2) is 0 Å². The molecule has 0 saturated heterocycles. The average Bonchev–Trinajstić information content (AvgIpc) is 2.81. The van der Waals surface area contributed by atoms with E-state index >= 15 is 0 Å². The number of hydrogen-bond donors (Lipinski definition) is 0. The number of ether oxygens (including phenoxy) is 2. The summed E-state index contributed by atoms with van der Waals surface area (Å²) < 4.78 is 11.8. The van der Waals surface area contributed by atoms with E-state index in [-0.39, 0.29) is 0 Å². The fourth-order valence-corrected chi connectivity index (χ4v) is 4.27. The molecule has 186 valence electrons. The highest BCUT2D eigenvalue weighted by Gasteiger charge is 2.07. The van der Waals surface area contributed by atoms with E-state index in [2.05, 4.69) is 44.2 Å². The Morgan fingerprint density at radius 2 is 1.16 bits per heavy atom. The fraction of sp³-hybridized carbons (Fsp3) is 0.800. The molecule has 2 heteroatoms. The highest BCUT2D eigenvalue weighted by Crippen LogP contribution is 2.14. The first-order valence-electron chi connectivity index (χ1n) is 14.1. The highest BCUT2D eigenvalue weighted by molar-refractivity contribution is 5.14. The summed E-state index contributed by atoms with van der Waals surface area (Å²) in [4.78, 5) is 0. The molecule has 0 N–H and O–H groups in total. The van der Waals surface area contributed by atoms with Gasteiger partial charge in [-0.3, -0.25) is 0 Å². The maximum Gasteiger partial charge on any atom is 0.0808 e. The van der Waals surface area contributed by atoms with Gasteiger partial charge in [-0.05, 0) is 37.7 Å². The van der Waals surface area contributed by atoms with E-state index in [0.717, 1.165) is 32.7 Å². The Kier molecular flexibility index (Phi) is 21.2. The van der Waals surface area contributed by atoms with Crippen molar-refractivity contribution < 1.29 is 9.47 Å². The zero-order valence-corrected chi connectivity index (χ0v) is 21.6. The normalized spacial score (nSPS) is 12.3. The number of unbranched alkanes of at least 4 members (excludes halogenated alkanes) is 13. The summed E-state index contributed by atoms with van der Waals surface area (Å²) >= 11 is 0. The minimum atomic E-state index is 0.306. The molecule has 0 fully saturated rings. The topological polar surface area (TPSA) is 18.5 Å². The summed E-state index contributed by atoms with van der Waals surface area (Å²) in [6, 6.07) is 10.9. The van der Waals surface area contributed by atoms with Crippen molar-refractivity contribution in [1.29, 1.82) is 0 Å².